The van der Waals surface area contributed by atoms with Gasteiger partial charge in [0.1, 0.15) is 18.4 Å². The van der Waals surface area contributed by atoms with Gasteiger partial charge in [-0.3, -0.25) is 9.59 Å². The van der Waals surface area contributed by atoms with E-state index in [-0.39, 0.29) is 19.8 Å². The van der Waals surface area contributed by atoms with Crippen LogP contribution in [0, 0.1) is 0 Å². The average Bonchev–Trinajstić information content (AvgIpc) is 2.58. The topological polar surface area (TPSA) is 100 Å². The molecular weight excluding hydrogens is 354 g/mol. The normalized spacial score (nSPS) is 13.9. The third kappa shape index (κ3) is 5.33. The van der Waals surface area contributed by atoms with Gasteiger partial charge in [-0.2, -0.15) is 0 Å². The van der Waals surface area contributed by atoms with Crippen molar-refractivity contribution in [2.45, 2.75) is 32.6 Å². The lowest BCUT2D eigenvalue weighted by atomic mass is 10.1. The third-order valence-electron chi connectivity index (χ3n) is 3.38. The molecule has 0 spiro atoms. The standard InChI is InChI=1S/C16H18ClNO7/c1-9(19)18-13(5-14(20)22-2)16(21)24-7-11-4-12(17)3-10-6-23-8-25-15(10)11/h3-4,13H,5-8H2,1-2H3,(H,18,19)/t13-/m0/s1. The zero-order chi connectivity index (χ0) is 18.4. The molecule has 0 saturated carbocycles. The number of ether oxygens (including phenoxy) is 4. The molecule has 0 unspecified atom stereocenters. The van der Waals surface area contributed by atoms with Gasteiger partial charge in [-0.1, -0.05) is 11.6 Å². The Morgan fingerprint density at radius 1 is 1.36 bits per heavy atom. The molecule has 0 aromatic heterocycles. The fraction of sp³-hybridized carbons (Fsp3) is 0.438. The molecule has 1 N–H and O–H groups in total. The number of nitrogens with one attached hydrogen (secondary N) is 1. The molecule has 0 aliphatic carbocycles. The van der Waals surface area contributed by atoms with Crippen LogP contribution in [-0.2, 0) is 41.8 Å². The molecule has 0 radical (unpaired) electrons. The molecule has 136 valence electrons. The zero-order valence-corrected chi connectivity index (χ0v) is 14.6. The van der Waals surface area contributed by atoms with Crippen molar-refractivity contribution in [3.05, 3.63) is 28.3 Å². The van der Waals surface area contributed by atoms with Gasteiger partial charge in [0.05, 0.1) is 20.1 Å². The highest BCUT2D eigenvalue weighted by atomic mass is 35.5. The van der Waals surface area contributed by atoms with E-state index in [4.69, 9.17) is 25.8 Å². The molecule has 0 bridgehead atoms. The van der Waals surface area contributed by atoms with Gasteiger partial charge in [-0.15, -0.1) is 0 Å². The van der Waals surface area contributed by atoms with Crippen LogP contribution in [0.3, 0.4) is 0 Å². The fourth-order valence-electron chi connectivity index (χ4n) is 2.30. The molecule has 2 rings (SSSR count). The lowest BCUT2D eigenvalue weighted by Crippen LogP contribution is -2.42. The monoisotopic (exact) mass is 371 g/mol. The van der Waals surface area contributed by atoms with Crippen LogP contribution in [0.2, 0.25) is 5.02 Å². The lowest BCUT2D eigenvalue weighted by molar-refractivity contribution is -0.153. The first-order chi connectivity index (χ1) is 11.9. The van der Waals surface area contributed by atoms with E-state index in [2.05, 4.69) is 10.1 Å². The molecular formula is C16H18ClNO7. The number of amides is 1. The smallest absolute Gasteiger partial charge is 0.329 e. The van der Waals surface area contributed by atoms with Gasteiger partial charge in [0.25, 0.3) is 0 Å². The van der Waals surface area contributed by atoms with Crippen LogP contribution in [0.1, 0.15) is 24.5 Å². The molecule has 1 aliphatic heterocycles. The summed E-state index contributed by atoms with van der Waals surface area (Å²) >= 11 is 6.05. The second kappa shape index (κ2) is 8.68. The van der Waals surface area contributed by atoms with Crippen LogP contribution in [0.25, 0.3) is 0 Å². The number of hydrogen-bond acceptors (Lipinski definition) is 7. The molecule has 0 fully saturated rings. The van der Waals surface area contributed by atoms with E-state index < -0.39 is 23.9 Å². The first kappa shape index (κ1) is 19.0. The van der Waals surface area contributed by atoms with Crippen molar-refractivity contribution in [1.29, 1.82) is 0 Å². The second-order valence-electron chi connectivity index (χ2n) is 5.30. The van der Waals surface area contributed by atoms with Gasteiger partial charge in [0.15, 0.2) is 6.79 Å². The van der Waals surface area contributed by atoms with E-state index in [1.54, 1.807) is 12.1 Å². The Bertz CT molecular complexity index is 677. The van der Waals surface area contributed by atoms with Gasteiger partial charge >= 0.3 is 11.9 Å². The molecule has 9 heteroatoms. The van der Waals surface area contributed by atoms with E-state index in [1.165, 1.54) is 14.0 Å². The van der Waals surface area contributed by atoms with Gasteiger partial charge in [0.2, 0.25) is 5.91 Å². The van der Waals surface area contributed by atoms with E-state index in [1.807, 2.05) is 0 Å². The third-order valence-corrected chi connectivity index (χ3v) is 3.60. The van der Waals surface area contributed by atoms with E-state index >= 15 is 0 Å². The molecule has 1 heterocycles. The lowest BCUT2D eigenvalue weighted by Gasteiger charge is -2.21. The molecule has 25 heavy (non-hydrogen) atoms. The van der Waals surface area contributed by atoms with Gasteiger partial charge in [0, 0.05) is 23.1 Å². The van der Waals surface area contributed by atoms with Crippen LogP contribution >= 0.6 is 11.6 Å². The van der Waals surface area contributed by atoms with Gasteiger partial charge in [-0.05, 0) is 12.1 Å². The second-order valence-corrected chi connectivity index (χ2v) is 5.74. The molecule has 8 nitrogen and oxygen atoms in total. The van der Waals surface area contributed by atoms with Crippen molar-refractivity contribution in [3.8, 4) is 5.75 Å². The molecule has 1 aromatic carbocycles. The Morgan fingerprint density at radius 2 is 2.12 bits per heavy atom. The number of rotatable bonds is 6. The molecule has 1 aromatic rings. The van der Waals surface area contributed by atoms with Gasteiger partial charge < -0.3 is 24.3 Å². The summed E-state index contributed by atoms with van der Waals surface area (Å²) in [5.74, 6) is -1.32. The Morgan fingerprint density at radius 3 is 2.80 bits per heavy atom. The number of fused-ring (bicyclic) bond motifs is 1. The summed E-state index contributed by atoms with van der Waals surface area (Å²) in [6.07, 6.45) is -0.326. The minimum absolute atomic E-state index is 0.0897. The Hall–Kier alpha value is -2.32. The molecule has 1 aliphatic rings. The van der Waals surface area contributed by atoms with Crippen LogP contribution in [0.4, 0.5) is 0 Å². The van der Waals surface area contributed by atoms with Crippen molar-refractivity contribution in [2.24, 2.45) is 0 Å². The van der Waals surface area contributed by atoms with Crippen molar-refractivity contribution in [3.63, 3.8) is 0 Å². The summed E-state index contributed by atoms with van der Waals surface area (Å²) < 4.78 is 20.3. The van der Waals surface area contributed by atoms with E-state index in [9.17, 15) is 14.4 Å². The summed E-state index contributed by atoms with van der Waals surface area (Å²) in [6, 6.07) is 2.19. The van der Waals surface area contributed by atoms with Crippen molar-refractivity contribution < 1.29 is 33.3 Å². The maximum absolute atomic E-state index is 12.2. The fourth-order valence-corrected chi connectivity index (χ4v) is 2.57. The van der Waals surface area contributed by atoms with Crippen LogP contribution in [-0.4, -0.2) is 37.8 Å². The molecule has 1 amide bonds. The summed E-state index contributed by atoms with van der Waals surface area (Å²) in [5.41, 5.74) is 1.32. The predicted molar refractivity (Wildman–Crippen MR) is 85.8 cm³/mol. The Balaban J connectivity index is 2.08. The number of carbonyl (C=O) groups excluding carboxylic acids is 3. The number of halogens is 1. The number of esters is 2. The van der Waals surface area contributed by atoms with Crippen molar-refractivity contribution in [1.82, 2.24) is 5.32 Å². The first-order valence-corrected chi connectivity index (χ1v) is 7.81. The number of benzene rings is 1. The minimum Gasteiger partial charge on any atom is -0.469 e. The minimum atomic E-state index is -1.13. The summed E-state index contributed by atoms with van der Waals surface area (Å²) in [4.78, 5) is 34.8. The highest BCUT2D eigenvalue weighted by Gasteiger charge is 2.26. The largest absolute Gasteiger partial charge is 0.469 e. The van der Waals surface area contributed by atoms with E-state index in [0.29, 0.717) is 22.9 Å². The maximum Gasteiger partial charge on any atom is 0.329 e. The molecule has 0 saturated heterocycles. The summed E-state index contributed by atoms with van der Waals surface area (Å²) in [6.45, 7) is 1.54. The number of carbonyl (C=O) groups is 3. The predicted octanol–water partition coefficient (Wildman–Crippen LogP) is 1.32. The van der Waals surface area contributed by atoms with Gasteiger partial charge in [-0.25, -0.2) is 4.79 Å². The highest BCUT2D eigenvalue weighted by molar-refractivity contribution is 6.30. The number of methoxy groups -OCH3 is 1. The Kier molecular flexibility index (Phi) is 6.60. The first-order valence-electron chi connectivity index (χ1n) is 7.43. The maximum atomic E-state index is 12.2. The van der Waals surface area contributed by atoms with Crippen molar-refractivity contribution >= 4 is 29.4 Å². The summed E-state index contributed by atoms with van der Waals surface area (Å²) in [5, 5.41) is 2.81. The SMILES string of the molecule is COC(=O)C[C@H](NC(C)=O)C(=O)OCc1cc(Cl)cc2c1OCOC2. The van der Waals surface area contributed by atoms with Crippen LogP contribution < -0.4 is 10.1 Å². The quantitative estimate of drug-likeness (QED) is 0.752. The van der Waals surface area contributed by atoms with Crippen LogP contribution in [0.15, 0.2) is 12.1 Å². The average molecular weight is 372 g/mol. The van der Waals surface area contributed by atoms with Crippen LogP contribution in [0.5, 0.6) is 5.75 Å². The van der Waals surface area contributed by atoms with Crippen molar-refractivity contribution in [2.75, 3.05) is 13.9 Å². The highest BCUT2D eigenvalue weighted by Crippen LogP contribution is 2.32. The Labute approximate surface area is 149 Å². The number of hydrogen-bond donors (Lipinski definition) is 1. The zero-order valence-electron chi connectivity index (χ0n) is 13.8. The van der Waals surface area contributed by atoms with E-state index in [0.717, 1.165) is 5.56 Å². The molecule has 1 atom stereocenters. The summed E-state index contributed by atoms with van der Waals surface area (Å²) in [7, 11) is 1.19.